The molecule has 0 rings (SSSR count). The van der Waals surface area contributed by atoms with E-state index in [0.717, 1.165) is 25.9 Å². The van der Waals surface area contributed by atoms with Crippen LogP contribution in [-0.4, -0.2) is 25.0 Å². The van der Waals surface area contributed by atoms with Gasteiger partial charge in [-0.15, -0.1) is 0 Å². The molecule has 0 heterocycles. The fourth-order valence-electron chi connectivity index (χ4n) is 1.95. The highest BCUT2D eigenvalue weighted by Gasteiger charge is 2.07. The van der Waals surface area contributed by atoms with E-state index in [2.05, 4.69) is 76.7 Å². The van der Waals surface area contributed by atoms with Gasteiger partial charge in [0.25, 0.3) is 0 Å². The molecule has 0 radical (unpaired) electrons. The van der Waals surface area contributed by atoms with Crippen molar-refractivity contribution in [3.63, 3.8) is 0 Å². The van der Waals surface area contributed by atoms with Crippen LogP contribution in [0.3, 0.4) is 0 Å². The Kier molecular flexibility index (Phi) is 10.7. The van der Waals surface area contributed by atoms with E-state index in [-0.39, 0.29) is 0 Å². The molecule has 0 bridgehead atoms. The summed E-state index contributed by atoms with van der Waals surface area (Å²) in [4.78, 5) is 2.33. The maximum atomic E-state index is 4.12. The molecule has 0 fully saturated rings. The number of nitrogens with one attached hydrogen (secondary N) is 1. The molecule has 120 valence electrons. The SMILES string of the molecule is C=C(CC)[C@@H](C)CN(C)C/C=C/N/C(=C/C=C(C)C)CC. The average molecular weight is 290 g/mol. The quantitative estimate of drug-likeness (QED) is 0.455. The van der Waals surface area contributed by atoms with E-state index in [0.29, 0.717) is 5.92 Å². The van der Waals surface area contributed by atoms with Crippen LogP contribution in [0.5, 0.6) is 0 Å². The minimum absolute atomic E-state index is 0.560. The number of hydrogen-bond donors (Lipinski definition) is 1. The van der Waals surface area contributed by atoms with E-state index in [1.807, 2.05) is 6.20 Å². The maximum absolute atomic E-state index is 4.12. The molecule has 2 nitrogen and oxygen atoms in total. The van der Waals surface area contributed by atoms with Gasteiger partial charge in [0.05, 0.1) is 0 Å². The Morgan fingerprint density at radius 1 is 1.19 bits per heavy atom. The molecule has 0 saturated heterocycles. The highest BCUT2D eigenvalue weighted by Crippen LogP contribution is 2.12. The van der Waals surface area contributed by atoms with Gasteiger partial charge in [-0.25, -0.2) is 0 Å². The summed E-state index contributed by atoms with van der Waals surface area (Å²) < 4.78 is 0. The van der Waals surface area contributed by atoms with Crippen LogP contribution < -0.4 is 5.32 Å². The van der Waals surface area contributed by atoms with Crippen molar-refractivity contribution in [2.24, 2.45) is 5.92 Å². The second-order valence-corrected chi connectivity index (χ2v) is 5.97. The molecule has 0 aromatic rings. The van der Waals surface area contributed by atoms with Gasteiger partial charge in [-0.1, -0.05) is 50.6 Å². The van der Waals surface area contributed by atoms with Gasteiger partial charge in [-0.2, -0.15) is 0 Å². The monoisotopic (exact) mass is 290 g/mol. The molecule has 0 unspecified atom stereocenters. The Balaban J connectivity index is 4.18. The zero-order chi connectivity index (χ0) is 16.3. The van der Waals surface area contributed by atoms with E-state index in [1.54, 1.807) is 0 Å². The normalized spacial score (nSPS) is 13.6. The molecular formula is C19H34N2. The van der Waals surface area contributed by atoms with Crippen LogP contribution in [0.4, 0.5) is 0 Å². The molecule has 0 spiro atoms. The standard InChI is InChI=1S/C19H34N2/c1-8-17(5)18(6)15-21(7)14-10-13-20-19(9-2)12-11-16(3)4/h10-13,18,20H,5,8-9,14-15H2,1-4,6-7H3/b13-10+,19-12+/t18-/m0/s1. The van der Waals surface area contributed by atoms with E-state index in [4.69, 9.17) is 0 Å². The molecule has 0 aromatic heterocycles. The van der Waals surface area contributed by atoms with Gasteiger partial charge in [0.1, 0.15) is 0 Å². The van der Waals surface area contributed by atoms with E-state index in [1.165, 1.54) is 16.8 Å². The minimum Gasteiger partial charge on any atom is -0.365 e. The molecule has 0 aliphatic rings. The van der Waals surface area contributed by atoms with Crippen LogP contribution in [0.2, 0.25) is 0 Å². The first-order valence-corrected chi connectivity index (χ1v) is 8.02. The fourth-order valence-corrected chi connectivity index (χ4v) is 1.95. The fraction of sp³-hybridized carbons (Fsp3) is 0.579. The Morgan fingerprint density at radius 2 is 1.86 bits per heavy atom. The van der Waals surface area contributed by atoms with Crippen LogP contribution in [0.15, 0.2) is 47.9 Å². The lowest BCUT2D eigenvalue weighted by molar-refractivity contribution is 0.330. The first-order chi connectivity index (χ1) is 9.90. The molecule has 0 aromatic carbocycles. The summed E-state index contributed by atoms with van der Waals surface area (Å²) in [6.07, 6.45) is 10.6. The van der Waals surface area contributed by atoms with E-state index >= 15 is 0 Å². The third kappa shape index (κ3) is 10.1. The predicted molar refractivity (Wildman–Crippen MR) is 96.2 cm³/mol. The highest BCUT2D eigenvalue weighted by atomic mass is 15.1. The van der Waals surface area contributed by atoms with Crippen LogP contribution in [-0.2, 0) is 0 Å². The van der Waals surface area contributed by atoms with Crippen molar-refractivity contribution >= 4 is 0 Å². The number of hydrogen-bond acceptors (Lipinski definition) is 2. The topological polar surface area (TPSA) is 15.3 Å². The van der Waals surface area contributed by atoms with Gasteiger partial charge >= 0.3 is 0 Å². The Morgan fingerprint density at radius 3 is 2.38 bits per heavy atom. The molecule has 1 N–H and O–H groups in total. The van der Waals surface area contributed by atoms with E-state index in [9.17, 15) is 0 Å². The Hall–Kier alpha value is -1.28. The van der Waals surface area contributed by atoms with E-state index < -0.39 is 0 Å². The summed E-state index contributed by atoms with van der Waals surface area (Å²) >= 11 is 0. The van der Waals surface area contributed by atoms with Crippen LogP contribution in [0.1, 0.15) is 47.5 Å². The summed E-state index contributed by atoms with van der Waals surface area (Å²) in [6, 6.07) is 0. The number of rotatable bonds is 10. The summed E-state index contributed by atoms with van der Waals surface area (Å²) in [6.45, 7) is 16.9. The molecule has 0 aliphatic heterocycles. The lowest BCUT2D eigenvalue weighted by Gasteiger charge is -2.21. The number of allylic oxidation sites excluding steroid dienone is 4. The van der Waals surface area contributed by atoms with Crippen molar-refractivity contribution in [1.82, 2.24) is 10.2 Å². The second kappa shape index (κ2) is 11.4. The number of likely N-dealkylation sites (N-methyl/N-ethyl adjacent to an activating group) is 1. The van der Waals surface area contributed by atoms with Gasteiger partial charge in [0, 0.05) is 18.8 Å². The highest BCUT2D eigenvalue weighted by molar-refractivity contribution is 5.15. The van der Waals surface area contributed by atoms with Crippen molar-refractivity contribution in [2.45, 2.75) is 47.5 Å². The average Bonchev–Trinajstić information content (AvgIpc) is 2.45. The van der Waals surface area contributed by atoms with Crippen molar-refractivity contribution in [3.05, 3.63) is 47.9 Å². The van der Waals surface area contributed by atoms with Gasteiger partial charge in [0.15, 0.2) is 0 Å². The molecule has 21 heavy (non-hydrogen) atoms. The van der Waals surface area contributed by atoms with Gasteiger partial charge in [0.2, 0.25) is 0 Å². The molecular weight excluding hydrogens is 256 g/mol. The zero-order valence-corrected chi connectivity index (χ0v) is 14.9. The predicted octanol–water partition coefficient (Wildman–Crippen LogP) is 4.88. The third-order valence-electron chi connectivity index (χ3n) is 3.54. The molecule has 0 amide bonds. The zero-order valence-electron chi connectivity index (χ0n) is 14.9. The lowest BCUT2D eigenvalue weighted by atomic mass is 10.0. The second-order valence-electron chi connectivity index (χ2n) is 5.97. The lowest BCUT2D eigenvalue weighted by Crippen LogP contribution is -2.25. The first kappa shape index (κ1) is 19.7. The molecule has 0 aliphatic carbocycles. The maximum Gasteiger partial charge on any atom is 0.0177 e. The first-order valence-electron chi connectivity index (χ1n) is 8.02. The third-order valence-corrected chi connectivity index (χ3v) is 3.54. The summed E-state index contributed by atoms with van der Waals surface area (Å²) in [5.74, 6) is 0.560. The van der Waals surface area contributed by atoms with Crippen molar-refractivity contribution in [3.8, 4) is 0 Å². The number of nitrogens with zero attached hydrogens (tertiary/aromatic N) is 1. The minimum atomic E-state index is 0.560. The molecule has 1 atom stereocenters. The summed E-state index contributed by atoms with van der Waals surface area (Å²) in [5, 5.41) is 3.36. The van der Waals surface area contributed by atoms with Gasteiger partial charge in [-0.3, -0.25) is 0 Å². The van der Waals surface area contributed by atoms with Crippen LogP contribution in [0.25, 0.3) is 0 Å². The van der Waals surface area contributed by atoms with Crippen molar-refractivity contribution in [1.29, 1.82) is 0 Å². The van der Waals surface area contributed by atoms with Crippen LogP contribution in [0, 0.1) is 5.92 Å². The van der Waals surface area contributed by atoms with Crippen LogP contribution >= 0.6 is 0 Å². The Bertz CT molecular complexity index is 384. The van der Waals surface area contributed by atoms with Gasteiger partial charge < -0.3 is 10.2 Å². The van der Waals surface area contributed by atoms with Crippen molar-refractivity contribution in [2.75, 3.05) is 20.1 Å². The molecule has 2 heteroatoms. The van der Waals surface area contributed by atoms with Crippen molar-refractivity contribution < 1.29 is 0 Å². The summed E-state index contributed by atoms with van der Waals surface area (Å²) in [5.41, 5.74) is 3.89. The van der Waals surface area contributed by atoms with Gasteiger partial charge in [-0.05, 0) is 51.9 Å². The molecule has 0 saturated carbocycles. The summed E-state index contributed by atoms with van der Waals surface area (Å²) in [7, 11) is 2.16. The smallest absolute Gasteiger partial charge is 0.0177 e. The Labute approximate surface area is 132 Å². The largest absolute Gasteiger partial charge is 0.365 e.